The van der Waals surface area contributed by atoms with Crippen molar-refractivity contribution in [3.8, 4) is 0 Å². The van der Waals surface area contributed by atoms with Gasteiger partial charge in [0.25, 0.3) is 0 Å². The van der Waals surface area contributed by atoms with Crippen molar-refractivity contribution in [2.24, 2.45) is 23.7 Å². The average molecular weight is 266 g/mol. The zero-order valence-electron chi connectivity index (χ0n) is 12.1. The monoisotopic (exact) mass is 266 g/mol. The summed E-state index contributed by atoms with van der Waals surface area (Å²) in [6.07, 6.45) is 6.16. The van der Waals surface area contributed by atoms with Gasteiger partial charge < -0.3 is 5.32 Å². The third-order valence-corrected chi connectivity index (χ3v) is 5.48. The Morgan fingerprint density at radius 3 is 2.53 bits per heavy atom. The van der Waals surface area contributed by atoms with E-state index >= 15 is 0 Å². The van der Waals surface area contributed by atoms with E-state index in [1.165, 1.54) is 19.3 Å². The maximum Gasteiger partial charge on any atom is 0.135 e. The van der Waals surface area contributed by atoms with Crippen molar-refractivity contribution in [3.63, 3.8) is 0 Å². The Kier molecular flexibility index (Phi) is 3.67. The summed E-state index contributed by atoms with van der Waals surface area (Å²) in [5, 5.41) is 3.08. The summed E-state index contributed by atoms with van der Waals surface area (Å²) in [5.74, 6) is 2.76. The van der Waals surface area contributed by atoms with Crippen LogP contribution in [0.3, 0.4) is 0 Å². The fourth-order valence-corrected chi connectivity index (χ4v) is 5.26. The smallest absolute Gasteiger partial charge is 0.135 e. The molecule has 4 bridgehead atoms. The van der Waals surface area contributed by atoms with E-state index in [4.69, 9.17) is 4.84 Å². The Labute approximate surface area is 115 Å². The molecule has 0 heterocycles. The lowest BCUT2D eigenvalue weighted by Crippen LogP contribution is -2.65. The predicted molar refractivity (Wildman–Crippen MR) is 73.5 cm³/mol. The van der Waals surface area contributed by atoms with Crippen LogP contribution >= 0.6 is 0 Å². The van der Waals surface area contributed by atoms with Gasteiger partial charge >= 0.3 is 0 Å². The lowest BCUT2D eigenvalue weighted by Gasteiger charge is -2.60. The fraction of sp³-hybridized carbons (Fsp3) is 0.933. The molecule has 0 spiro atoms. The number of rotatable bonds is 6. The minimum atomic E-state index is -0.0612. The van der Waals surface area contributed by atoms with Crippen molar-refractivity contribution in [2.75, 3.05) is 20.2 Å². The molecule has 4 fully saturated rings. The molecule has 19 heavy (non-hydrogen) atoms. The van der Waals surface area contributed by atoms with Gasteiger partial charge in [0.05, 0.1) is 12.1 Å². The minimum Gasteiger partial charge on any atom is -0.317 e. The summed E-state index contributed by atoms with van der Waals surface area (Å²) in [7, 11) is 1.92. The van der Waals surface area contributed by atoms with E-state index in [0.717, 1.165) is 31.2 Å². The van der Waals surface area contributed by atoms with Crippen LogP contribution in [0.2, 0.25) is 0 Å². The van der Waals surface area contributed by atoms with Crippen LogP contribution in [0.4, 0.5) is 0 Å². The van der Waals surface area contributed by atoms with Gasteiger partial charge in [0, 0.05) is 12.5 Å². The number of ketones is 1. The van der Waals surface area contributed by atoms with E-state index in [1.54, 1.807) is 6.92 Å². The first-order valence-corrected chi connectivity index (χ1v) is 7.68. The highest BCUT2D eigenvalue weighted by molar-refractivity contribution is 5.80. The summed E-state index contributed by atoms with van der Waals surface area (Å²) in [6.45, 7) is 3.26. The Morgan fingerprint density at radius 2 is 1.95 bits per heavy atom. The lowest BCUT2D eigenvalue weighted by atomic mass is 9.48. The van der Waals surface area contributed by atoms with Crippen LogP contribution < -0.4 is 10.8 Å². The van der Waals surface area contributed by atoms with Gasteiger partial charge in [-0.15, -0.1) is 0 Å². The predicted octanol–water partition coefficient (Wildman–Crippen LogP) is 1.51. The van der Waals surface area contributed by atoms with E-state index in [9.17, 15) is 4.79 Å². The van der Waals surface area contributed by atoms with E-state index in [2.05, 4.69) is 10.8 Å². The number of carbonyl (C=O) groups excluding carboxylic acids is 1. The third-order valence-electron chi connectivity index (χ3n) is 5.48. The molecule has 4 aliphatic carbocycles. The van der Waals surface area contributed by atoms with Gasteiger partial charge in [0.1, 0.15) is 5.78 Å². The fourth-order valence-electron chi connectivity index (χ4n) is 5.26. The highest BCUT2D eigenvalue weighted by Gasteiger charge is 2.58. The first kappa shape index (κ1) is 13.5. The van der Waals surface area contributed by atoms with Gasteiger partial charge in [0.2, 0.25) is 0 Å². The molecule has 0 aromatic heterocycles. The van der Waals surface area contributed by atoms with E-state index in [0.29, 0.717) is 18.3 Å². The van der Waals surface area contributed by atoms with Gasteiger partial charge in [-0.1, -0.05) is 0 Å². The highest BCUT2D eigenvalue weighted by Crippen LogP contribution is 2.58. The standard InChI is InChI=1S/C15H26N2O2/c1-10(18)14-13-6-11-5-12(7-13)9-15(14,8-11)17-19-4-3-16-2/h11-14,16-17H,3-9H2,1-2H3. The minimum absolute atomic E-state index is 0.0612. The molecule has 0 aliphatic heterocycles. The molecule has 4 heteroatoms. The van der Waals surface area contributed by atoms with Crippen molar-refractivity contribution in [1.29, 1.82) is 0 Å². The molecule has 4 saturated carbocycles. The molecule has 3 atom stereocenters. The van der Waals surface area contributed by atoms with Crippen LogP contribution in [0, 0.1) is 23.7 Å². The Bertz CT molecular complexity index is 344. The van der Waals surface area contributed by atoms with Gasteiger partial charge in [-0.25, -0.2) is 0 Å². The number of hydroxylamine groups is 1. The van der Waals surface area contributed by atoms with Crippen molar-refractivity contribution < 1.29 is 9.63 Å². The molecule has 4 nitrogen and oxygen atoms in total. The first-order valence-electron chi connectivity index (χ1n) is 7.68. The molecule has 0 aromatic carbocycles. The number of likely N-dealkylation sites (N-methyl/N-ethyl adjacent to an activating group) is 1. The Hall–Kier alpha value is -0.450. The van der Waals surface area contributed by atoms with Crippen molar-refractivity contribution >= 4 is 5.78 Å². The molecule has 0 aromatic rings. The Morgan fingerprint density at radius 1 is 1.26 bits per heavy atom. The van der Waals surface area contributed by atoms with Crippen LogP contribution in [-0.4, -0.2) is 31.5 Å². The molecule has 2 N–H and O–H groups in total. The van der Waals surface area contributed by atoms with Crippen molar-refractivity contribution in [1.82, 2.24) is 10.8 Å². The second-order valence-corrected chi connectivity index (χ2v) is 6.91. The topological polar surface area (TPSA) is 50.4 Å². The van der Waals surface area contributed by atoms with Gasteiger partial charge in [-0.05, 0) is 63.8 Å². The second kappa shape index (κ2) is 5.15. The molecular formula is C15H26N2O2. The van der Waals surface area contributed by atoms with Crippen LogP contribution in [-0.2, 0) is 9.63 Å². The third kappa shape index (κ3) is 2.34. The maximum absolute atomic E-state index is 12.1. The average Bonchev–Trinajstić information content (AvgIpc) is 2.33. The maximum atomic E-state index is 12.1. The first-order chi connectivity index (χ1) is 9.14. The number of carbonyl (C=O) groups is 1. The molecular weight excluding hydrogens is 240 g/mol. The second-order valence-electron chi connectivity index (χ2n) is 6.91. The van der Waals surface area contributed by atoms with Crippen LogP contribution in [0.15, 0.2) is 0 Å². The van der Waals surface area contributed by atoms with E-state index < -0.39 is 0 Å². The SMILES string of the molecule is CNCCONC12CC3CC(CC(C3)C1C(C)=O)C2. The number of nitrogens with one attached hydrogen (secondary N) is 2. The number of Topliss-reactive ketones (excluding diaryl/α,β-unsaturated/α-hetero) is 1. The molecule has 0 amide bonds. The normalized spacial score (nSPS) is 43.7. The number of hydrogen-bond acceptors (Lipinski definition) is 4. The zero-order valence-corrected chi connectivity index (χ0v) is 12.1. The van der Waals surface area contributed by atoms with Crippen LogP contribution in [0.5, 0.6) is 0 Å². The quantitative estimate of drug-likeness (QED) is 0.565. The van der Waals surface area contributed by atoms with E-state index in [1.807, 2.05) is 7.05 Å². The number of hydrogen-bond donors (Lipinski definition) is 2. The van der Waals surface area contributed by atoms with Crippen molar-refractivity contribution in [3.05, 3.63) is 0 Å². The van der Waals surface area contributed by atoms with Gasteiger partial charge in [-0.2, -0.15) is 5.48 Å². The molecule has 3 unspecified atom stereocenters. The van der Waals surface area contributed by atoms with Gasteiger partial charge in [-0.3, -0.25) is 9.63 Å². The highest BCUT2D eigenvalue weighted by atomic mass is 16.6. The summed E-state index contributed by atoms with van der Waals surface area (Å²) in [6, 6.07) is 0. The van der Waals surface area contributed by atoms with E-state index in [-0.39, 0.29) is 11.5 Å². The summed E-state index contributed by atoms with van der Waals surface area (Å²) in [5.41, 5.74) is 3.27. The summed E-state index contributed by atoms with van der Waals surface area (Å²) >= 11 is 0. The Balaban J connectivity index is 1.73. The summed E-state index contributed by atoms with van der Waals surface area (Å²) < 4.78 is 0. The summed E-state index contributed by atoms with van der Waals surface area (Å²) in [4.78, 5) is 17.8. The molecule has 0 radical (unpaired) electrons. The molecule has 0 saturated heterocycles. The van der Waals surface area contributed by atoms with Crippen molar-refractivity contribution in [2.45, 2.75) is 44.6 Å². The molecule has 4 rings (SSSR count). The largest absolute Gasteiger partial charge is 0.317 e. The van der Waals surface area contributed by atoms with Gasteiger partial charge in [0.15, 0.2) is 0 Å². The zero-order chi connectivity index (χ0) is 13.5. The van der Waals surface area contributed by atoms with Crippen LogP contribution in [0.1, 0.15) is 39.0 Å². The molecule has 4 aliphatic rings. The molecule has 108 valence electrons. The lowest BCUT2D eigenvalue weighted by molar-refractivity contribution is -0.161. The van der Waals surface area contributed by atoms with Crippen LogP contribution in [0.25, 0.3) is 0 Å².